The Labute approximate surface area is 218 Å². The summed E-state index contributed by atoms with van der Waals surface area (Å²) >= 11 is 1.18. The van der Waals surface area contributed by atoms with Crippen LogP contribution in [0.4, 0.5) is 18.9 Å². The average Bonchev–Trinajstić information content (AvgIpc) is 3.27. The molecule has 4 rings (SSSR count). The standard InChI is InChI=1S/C28H27F3N4OS/c1-18(25(36)32-22-10-8-9-21(17-22)28(29,30)31)37-26-34-33-24(35(26)23-11-6-5-7-12-23)19-13-15-20(16-14-19)27(2,3)4/h5-18H,1-4H3,(H,32,36)/t18-/m1/s1. The summed E-state index contributed by atoms with van der Waals surface area (Å²) in [4.78, 5) is 12.9. The third-order valence-corrected chi connectivity index (χ3v) is 6.81. The Morgan fingerprint density at radius 3 is 2.19 bits per heavy atom. The van der Waals surface area contributed by atoms with Gasteiger partial charge in [-0.2, -0.15) is 13.2 Å². The Kier molecular flexibility index (Phi) is 7.45. The lowest BCUT2D eigenvalue weighted by molar-refractivity contribution is -0.137. The summed E-state index contributed by atoms with van der Waals surface area (Å²) < 4.78 is 41.0. The van der Waals surface area contributed by atoms with Gasteiger partial charge in [-0.3, -0.25) is 9.36 Å². The fourth-order valence-electron chi connectivity index (χ4n) is 3.69. The van der Waals surface area contributed by atoms with Crippen molar-refractivity contribution in [2.24, 2.45) is 0 Å². The molecule has 0 aliphatic carbocycles. The molecule has 9 heteroatoms. The number of halogens is 3. The number of rotatable bonds is 6. The highest BCUT2D eigenvalue weighted by molar-refractivity contribution is 8.00. The monoisotopic (exact) mass is 524 g/mol. The third kappa shape index (κ3) is 6.22. The van der Waals surface area contributed by atoms with Gasteiger partial charge in [-0.15, -0.1) is 10.2 Å². The van der Waals surface area contributed by atoms with Gasteiger partial charge in [0.05, 0.1) is 10.8 Å². The summed E-state index contributed by atoms with van der Waals surface area (Å²) in [5.41, 5.74) is 2.16. The molecule has 3 aromatic carbocycles. The molecule has 192 valence electrons. The van der Waals surface area contributed by atoms with E-state index in [2.05, 4.69) is 48.4 Å². The van der Waals surface area contributed by atoms with Crippen LogP contribution in [0.1, 0.15) is 38.8 Å². The van der Waals surface area contributed by atoms with Gasteiger partial charge in [0.15, 0.2) is 11.0 Å². The number of nitrogens with zero attached hydrogens (tertiary/aromatic N) is 3. The molecule has 0 spiro atoms. The first-order chi connectivity index (χ1) is 17.4. The fourth-order valence-corrected chi connectivity index (χ4v) is 4.56. The van der Waals surface area contributed by atoms with Crippen LogP contribution < -0.4 is 5.32 Å². The number of hydrogen-bond acceptors (Lipinski definition) is 4. The fraction of sp³-hybridized carbons (Fsp3) is 0.250. The van der Waals surface area contributed by atoms with Crippen molar-refractivity contribution in [1.29, 1.82) is 0 Å². The van der Waals surface area contributed by atoms with E-state index >= 15 is 0 Å². The molecule has 37 heavy (non-hydrogen) atoms. The zero-order valence-corrected chi connectivity index (χ0v) is 21.7. The summed E-state index contributed by atoms with van der Waals surface area (Å²) in [6, 6.07) is 22.3. The SMILES string of the molecule is C[C@@H](Sc1nnc(-c2ccc(C(C)(C)C)cc2)n1-c1ccccc1)C(=O)Nc1cccc(C(F)(F)F)c1. The second-order valence-corrected chi connectivity index (χ2v) is 10.9. The largest absolute Gasteiger partial charge is 0.416 e. The van der Waals surface area contributed by atoms with Crippen LogP contribution >= 0.6 is 11.8 Å². The van der Waals surface area contributed by atoms with Crippen LogP contribution in [0.2, 0.25) is 0 Å². The van der Waals surface area contributed by atoms with Crippen LogP contribution in [-0.2, 0) is 16.4 Å². The van der Waals surface area contributed by atoms with Gasteiger partial charge < -0.3 is 5.32 Å². The van der Waals surface area contributed by atoms with Crippen molar-refractivity contribution < 1.29 is 18.0 Å². The number of para-hydroxylation sites is 1. The van der Waals surface area contributed by atoms with Crippen LogP contribution in [0.25, 0.3) is 17.1 Å². The average molecular weight is 525 g/mol. The molecule has 0 saturated heterocycles. The van der Waals surface area contributed by atoms with Gasteiger partial charge in [-0.05, 0) is 48.2 Å². The normalized spacial score (nSPS) is 12.8. The number of carbonyl (C=O) groups excluding carboxylic acids is 1. The molecule has 0 radical (unpaired) electrons. The molecule has 0 fully saturated rings. The molecule has 1 aromatic heterocycles. The van der Waals surface area contributed by atoms with Crippen molar-refractivity contribution in [2.45, 2.75) is 49.7 Å². The van der Waals surface area contributed by atoms with Crippen molar-refractivity contribution in [3.8, 4) is 17.1 Å². The number of hydrogen-bond donors (Lipinski definition) is 1. The number of nitrogens with one attached hydrogen (secondary N) is 1. The highest BCUT2D eigenvalue weighted by Gasteiger charge is 2.31. The third-order valence-electron chi connectivity index (χ3n) is 5.77. The number of benzene rings is 3. The van der Waals surface area contributed by atoms with Gasteiger partial charge in [0.1, 0.15) is 0 Å². The van der Waals surface area contributed by atoms with E-state index in [1.54, 1.807) is 6.92 Å². The molecule has 0 unspecified atom stereocenters. The minimum absolute atomic E-state index is 0.00898. The maximum absolute atomic E-state index is 13.0. The predicted octanol–water partition coefficient (Wildman–Crippen LogP) is 7.37. The minimum Gasteiger partial charge on any atom is -0.325 e. The van der Waals surface area contributed by atoms with Crippen LogP contribution in [0.5, 0.6) is 0 Å². The van der Waals surface area contributed by atoms with Crippen LogP contribution in [-0.4, -0.2) is 25.9 Å². The maximum Gasteiger partial charge on any atom is 0.416 e. The lowest BCUT2D eigenvalue weighted by atomic mass is 9.87. The molecular weight excluding hydrogens is 497 g/mol. The Balaban J connectivity index is 1.61. The molecule has 0 saturated carbocycles. The van der Waals surface area contributed by atoms with Crippen molar-refractivity contribution in [1.82, 2.24) is 14.8 Å². The molecule has 1 N–H and O–H groups in total. The summed E-state index contributed by atoms with van der Waals surface area (Å²) in [5, 5.41) is 11.2. The zero-order valence-electron chi connectivity index (χ0n) is 20.9. The van der Waals surface area contributed by atoms with Gasteiger partial charge in [-0.25, -0.2) is 0 Å². The van der Waals surface area contributed by atoms with Crippen LogP contribution in [0, 0.1) is 0 Å². The highest BCUT2D eigenvalue weighted by atomic mass is 32.2. The Hall–Kier alpha value is -3.59. The lowest BCUT2D eigenvalue weighted by Gasteiger charge is -2.19. The zero-order chi connectivity index (χ0) is 26.8. The van der Waals surface area contributed by atoms with E-state index in [4.69, 9.17) is 0 Å². The molecule has 0 aliphatic heterocycles. The summed E-state index contributed by atoms with van der Waals surface area (Å²) in [7, 11) is 0. The molecule has 0 bridgehead atoms. The van der Waals surface area contributed by atoms with Crippen molar-refractivity contribution in [3.63, 3.8) is 0 Å². The van der Waals surface area contributed by atoms with Crippen molar-refractivity contribution >= 4 is 23.4 Å². The number of aromatic nitrogens is 3. The van der Waals surface area contributed by atoms with E-state index in [1.165, 1.54) is 29.5 Å². The molecular formula is C28H27F3N4OS. The molecule has 1 amide bonds. The van der Waals surface area contributed by atoms with Gasteiger partial charge >= 0.3 is 6.18 Å². The smallest absolute Gasteiger partial charge is 0.325 e. The van der Waals surface area contributed by atoms with E-state index < -0.39 is 22.9 Å². The predicted molar refractivity (Wildman–Crippen MR) is 141 cm³/mol. The molecule has 4 aromatic rings. The van der Waals surface area contributed by atoms with Crippen molar-refractivity contribution in [2.75, 3.05) is 5.32 Å². The maximum atomic E-state index is 13.0. The van der Waals surface area contributed by atoms with Gasteiger partial charge in [0, 0.05) is 16.9 Å². The molecule has 1 atom stereocenters. The van der Waals surface area contributed by atoms with Gasteiger partial charge in [-0.1, -0.05) is 81.1 Å². The second-order valence-electron chi connectivity index (χ2n) is 9.63. The van der Waals surface area contributed by atoms with E-state index in [9.17, 15) is 18.0 Å². The molecule has 1 heterocycles. The minimum atomic E-state index is -4.49. The van der Waals surface area contributed by atoms with Gasteiger partial charge in [0.25, 0.3) is 0 Å². The van der Waals surface area contributed by atoms with E-state index in [0.29, 0.717) is 11.0 Å². The van der Waals surface area contributed by atoms with E-state index in [0.717, 1.165) is 23.4 Å². The first-order valence-corrected chi connectivity index (χ1v) is 12.6. The lowest BCUT2D eigenvalue weighted by Crippen LogP contribution is -2.23. The summed E-state index contributed by atoms with van der Waals surface area (Å²) in [6.07, 6.45) is -4.49. The van der Waals surface area contributed by atoms with E-state index in [-0.39, 0.29) is 11.1 Å². The topological polar surface area (TPSA) is 59.8 Å². The Morgan fingerprint density at radius 1 is 0.892 bits per heavy atom. The first-order valence-electron chi connectivity index (χ1n) is 11.7. The second kappa shape index (κ2) is 10.4. The van der Waals surface area contributed by atoms with Gasteiger partial charge in [0.2, 0.25) is 5.91 Å². The van der Waals surface area contributed by atoms with Crippen LogP contribution in [0.3, 0.4) is 0 Å². The Morgan fingerprint density at radius 2 is 1.57 bits per heavy atom. The van der Waals surface area contributed by atoms with Crippen LogP contribution in [0.15, 0.2) is 84.0 Å². The number of thioether (sulfide) groups is 1. The molecule has 5 nitrogen and oxygen atoms in total. The van der Waals surface area contributed by atoms with E-state index in [1.807, 2.05) is 47.0 Å². The number of carbonyl (C=O) groups is 1. The quantitative estimate of drug-likeness (QED) is 0.268. The number of anilines is 1. The number of amides is 1. The first kappa shape index (κ1) is 26.5. The van der Waals surface area contributed by atoms with Crippen molar-refractivity contribution in [3.05, 3.63) is 90.0 Å². The highest BCUT2D eigenvalue weighted by Crippen LogP contribution is 2.33. The molecule has 0 aliphatic rings. The Bertz CT molecular complexity index is 1380. The number of alkyl halides is 3. The summed E-state index contributed by atoms with van der Waals surface area (Å²) in [5.74, 6) is 0.183. The summed E-state index contributed by atoms with van der Waals surface area (Å²) in [6.45, 7) is 8.12.